The number of benzene rings is 2. The Balaban J connectivity index is 1.53. The van der Waals surface area contributed by atoms with Gasteiger partial charge in [-0.2, -0.15) is 0 Å². The molecule has 28 heavy (non-hydrogen) atoms. The highest BCUT2D eigenvalue weighted by molar-refractivity contribution is 5.92. The summed E-state index contributed by atoms with van der Waals surface area (Å²) in [6.07, 6.45) is 2.28. The van der Waals surface area contributed by atoms with E-state index < -0.39 is 5.97 Å². The number of hydrogen-bond donors (Lipinski definition) is 1. The lowest BCUT2D eigenvalue weighted by Gasteiger charge is -2.12. The van der Waals surface area contributed by atoms with Gasteiger partial charge >= 0.3 is 11.9 Å². The summed E-state index contributed by atoms with van der Waals surface area (Å²) in [6, 6.07) is 14.1. The van der Waals surface area contributed by atoms with E-state index in [1.54, 1.807) is 36.4 Å². The molecule has 1 saturated carbocycles. The van der Waals surface area contributed by atoms with Crippen LogP contribution in [0.5, 0.6) is 5.75 Å². The lowest BCUT2D eigenvalue weighted by Crippen LogP contribution is -2.37. The van der Waals surface area contributed by atoms with Crippen molar-refractivity contribution in [2.75, 3.05) is 6.61 Å². The average Bonchev–Trinajstić information content (AvgIpc) is 3.52. The molecule has 0 unspecified atom stereocenters. The largest absolute Gasteiger partial charge is 0.452 e. The smallest absolute Gasteiger partial charge is 0.338 e. The molecule has 1 N–H and O–H groups in total. The minimum Gasteiger partial charge on any atom is -0.452 e. The van der Waals surface area contributed by atoms with Crippen LogP contribution in [0.2, 0.25) is 0 Å². The van der Waals surface area contributed by atoms with Crippen LogP contribution in [-0.4, -0.2) is 30.5 Å². The second-order valence-corrected chi connectivity index (χ2v) is 6.97. The molecular weight excluding hydrogens is 358 g/mol. The molecule has 2 aromatic rings. The van der Waals surface area contributed by atoms with Gasteiger partial charge in [0.15, 0.2) is 6.61 Å². The minimum absolute atomic E-state index is 0.123. The maximum Gasteiger partial charge on any atom is 0.338 e. The molecule has 1 atom stereocenters. The molecule has 1 amide bonds. The van der Waals surface area contributed by atoms with Gasteiger partial charge in [0, 0.05) is 13.0 Å². The molecule has 0 aliphatic heterocycles. The van der Waals surface area contributed by atoms with Crippen LogP contribution in [0.15, 0.2) is 48.5 Å². The van der Waals surface area contributed by atoms with Crippen molar-refractivity contribution >= 4 is 17.8 Å². The van der Waals surface area contributed by atoms with Gasteiger partial charge < -0.3 is 14.8 Å². The molecule has 146 valence electrons. The van der Waals surface area contributed by atoms with Gasteiger partial charge in [-0.3, -0.25) is 9.59 Å². The second-order valence-electron chi connectivity index (χ2n) is 6.97. The van der Waals surface area contributed by atoms with Crippen molar-refractivity contribution in [2.45, 2.75) is 32.7 Å². The number of amides is 1. The maximum atomic E-state index is 12.1. The molecule has 1 fully saturated rings. The zero-order valence-corrected chi connectivity index (χ0v) is 15.9. The Labute approximate surface area is 163 Å². The molecule has 6 heteroatoms. The van der Waals surface area contributed by atoms with Gasteiger partial charge in [-0.1, -0.05) is 24.3 Å². The Kier molecular flexibility index (Phi) is 6.09. The molecule has 6 nitrogen and oxygen atoms in total. The molecule has 0 spiro atoms. The second kappa shape index (κ2) is 8.69. The van der Waals surface area contributed by atoms with Crippen molar-refractivity contribution in [3.05, 3.63) is 54.1 Å². The SMILES string of the molecule is CC(=O)Oc1ccc(-c2ccc(C(=O)OCC(=O)N[C@@H](C)C3CC3)cc2)cc1. The summed E-state index contributed by atoms with van der Waals surface area (Å²) in [5, 5.41) is 2.85. The Morgan fingerprint density at radius 1 is 1.00 bits per heavy atom. The van der Waals surface area contributed by atoms with Crippen LogP contribution in [0.1, 0.15) is 37.0 Å². The van der Waals surface area contributed by atoms with Crippen LogP contribution >= 0.6 is 0 Å². The van der Waals surface area contributed by atoms with Crippen LogP contribution in [0, 0.1) is 5.92 Å². The molecule has 0 heterocycles. The fraction of sp³-hybridized carbons (Fsp3) is 0.318. The standard InChI is InChI=1S/C22H23NO5/c1-14(16-3-4-16)23-21(25)13-27-22(26)19-7-5-17(6-8-19)18-9-11-20(12-10-18)28-15(2)24/h5-12,14,16H,3-4,13H2,1-2H3,(H,23,25)/t14-/m0/s1. The molecular formula is C22H23NO5. The summed E-state index contributed by atoms with van der Waals surface area (Å²) < 4.78 is 10.1. The van der Waals surface area contributed by atoms with E-state index in [2.05, 4.69) is 5.32 Å². The van der Waals surface area contributed by atoms with Gasteiger partial charge in [0.05, 0.1) is 5.56 Å². The van der Waals surface area contributed by atoms with E-state index in [1.165, 1.54) is 6.92 Å². The van der Waals surface area contributed by atoms with Crippen LogP contribution in [0.25, 0.3) is 11.1 Å². The van der Waals surface area contributed by atoms with Crippen LogP contribution in [0.4, 0.5) is 0 Å². The highest BCUT2D eigenvalue weighted by Crippen LogP contribution is 2.32. The number of rotatable bonds is 7. The van der Waals surface area contributed by atoms with E-state index in [0.29, 0.717) is 17.2 Å². The average molecular weight is 381 g/mol. The zero-order chi connectivity index (χ0) is 20.1. The van der Waals surface area contributed by atoms with Crippen LogP contribution in [-0.2, 0) is 14.3 Å². The summed E-state index contributed by atoms with van der Waals surface area (Å²) in [5.74, 6) is -0.157. The van der Waals surface area contributed by atoms with Gasteiger partial charge in [0.1, 0.15) is 5.75 Å². The highest BCUT2D eigenvalue weighted by atomic mass is 16.5. The van der Waals surface area contributed by atoms with E-state index in [1.807, 2.05) is 19.1 Å². The number of carbonyl (C=O) groups excluding carboxylic acids is 3. The zero-order valence-electron chi connectivity index (χ0n) is 15.9. The number of ether oxygens (including phenoxy) is 2. The van der Waals surface area contributed by atoms with Crippen molar-refractivity contribution in [2.24, 2.45) is 5.92 Å². The summed E-state index contributed by atoms with van der Waals surface area (Å²) in [7, 11) is 0. The first-order chi connectivity index (χ1) is 13.4. The van der Waals surface area contributed by atoms with Crippen molar-refractivity contribution in [3.8, 4) is 16.9 Å². The summed E-state index contributed by atoms with van der Waals surface area (Å²) in [5.41, 5.74) is 2.20. The number of hydrogen-bond acceptors (Lipinski definition) is 5. The van der Waals surface area contributed by atoms with E-state index in [-0.39, 0.29) is 24.5 Å². The van der Waals surface area contributed by atoms with Crippen molar-refractivity contribution in [1.82, 2.24) is 5.32 Å². The molecule has 0 saturated heterocycles. The quantitative estimate of drug-likeness (QED) is 0.588. The molecule has 1 aliphatic rings. The van der Waals surface area contributed by atoms with Crippen LogP contribution < -0.4 is 10.1 Å². The summed E-state index contributed by atoms with van der Waals surface area (Å²) in [6.45, 7) is 3.03. The van der Waals surface area contributed by atoms with Gasteiger partial charge in [0.25, 0.3) is 5.91 Å². The van der Waals surface area contributed by atoms with E-state index in [4.69, 9.17) is 9.47 Å². The summed E-state index contributed by atoms with van der Waals surface area (Å²) in [4.78, 5) is 34.9. The first kappa shape index (κ1) is 19.6. The first-order valence-electron chi connectivity index (χ1n) is 9.28. The van der Waals surface area contributed by atoms with Gasteiger partial charge in [0.2, 0.25) is 0 Å². The van der Waals surface area contributed by atoms with Crippen molar-refractivity contribution in [1.29, 1.82) is 0 Å². The maximum absolute atomic E-state index is 12.1. The normalized spacial score (nSPS) is 14.1. The third kappa shape index (κ3) is 5.42. The Bertz CT molecular complexity index is 854. The number of nitrogens with one attached hydrogen (secondary N) is 1. The van der Waals surface area contributed by atoms with Crippen LogP contribution in [0.3, 0.4) is 0 Å². The van der Waals surface area contributed by atoms with E-state index in [0.717, 1.165) is 24.0 Å². The van der Waals surface area contributed by atoms with Gasteiger partial charge in [-0.15, -0.1) is 0 Å². The van der Waals surface area contributed by atoms with Crippen molar-refractivity contribution in [3.63, 3.8) is 0 Å². The number of carbonyl (C=O) groups is 3. The summed E-state index contributed by atoms with van der Waals surface area (Å²) >= 11 is 0. The van der Waals surface area contributed by atoms with E-state index >= 15 is 0 Å². The lowest BCUT2D eigenvalue weighted by atomic mass is 10.0. The molecule has 0 bridgehead atoms. The Morgan fingerprint density at radius 3 is 2.11 bits per heavy atom. The third-order valence-corrected chi connectivity index (χ3v) is 4.62. The molecule has 0 radical (unpaired) electrons. The van der Waals surface area contributed by atoms with Gasteiger partial charge in [-0.25, -0.2) is 4.79 Å². The Hall–Kier alpha value is -3.15. The lowest BCUT2D eigenvalue weighted by molar-refractivity contribution is -0.131. The van der Waals surface area contributed by atoms with E-state index in [9.17, 15) is 14.4 Å². The molecule has 2 aromatic carbocycles. The molecule has 3 rings (SSSR count). The molecule has 1 aliphatic carbocycles. The molecule has 0 aromatic heterocycles. The first-order valence-corrected chi connectivity index (χ1v) is 9.28. The fourth-order valence-corrected chi connectivity index (χ4v) is 2.90. The predicted molar refractivity (Wildman–Crippen MR) is 104 cm³/mol. The topological polar surface area (TPSA) is 81.7 Å². The Morgan fingerprint density at radius 2 is 1.57 bits per heavy atom. The highest BCUT2D eigenvalue weighted by Gasteiger charge is 2.29. The van der Waals surface area contributed by atoms with Gasteiger partial charge in [-0.05, 0) is 61.1 Å². The minimum atomic E-state index is -0.536. The third-order valence-electron chi connectivity index (χ3n) is 4.62. The van der Waals surface area contributed by atoms with Crippen molar-refractivity contribution < 1.29 is 23.9 Å². The fourth-order valence-electron chi connectivity index (χ4n) is 2.90. The monoisotopic (exact) mass is 381 g/mol. The predicted octanol–water partition coefficient (Wildman–Crippen LogP) is 3.35. The number of esters is 2.